The number of carboxylic acids is 2. The zero-order valence-corrected chi connectivity index (χ0v) is 35.4. The number of carbonyl (C=O) groups is 2. The van der Waals surface area contributed by atoms with Crippen LogP contribution >= 0.6 is 0 Å². The smallest absolute Gasteiger partial charge is 0.332 e. The fourth-order valence-electron chi connectivity index (χ4n) is 7.89. The summed E-state index contributed by atoms with van der Waals surface area (Å²) in [4.78, 5) is 23.9. The monoisotopic (exact) mass is 733 g/mol. The van der Waals surface area contributed by atoms with Gasteiger partial charge >= 0.3 is 11.9 Å². The summed E-state index contributed by atoms with van der Waals surface area (Å²) in [6.07, 6.45) is 53.4. The van der Waals surface area contributed by atoms with E-state index >= 15 is 0 Å². The number of hydrogen-bond acceptors (Lipinski definition) is 2. The fourth-order valence-corrected chi connectivity index (χ4v) is 7.89. The zero-order chi connectivity index (χ0) is 38.0. The van der Waals surface area contributed by atoms with Crippen LogP contribution < -0.4 is 0 Å². The van der Waals surface area contributed by atoms with Gasteiger partial charge in [-0.3, -0.25) is 0 Å². The first-order valence-electron chi connectivity index (χ1n) is 23.7. The molecule has 52 heavy (non-hydrogen) atoms. The van der Waals surface area contributed by atoms with Crippen LogP contribution in [0.25, 0.3) is 0 Å². The Morgan fingerprint density at radius 2 is 0.385 bits per heavy atom. The maximum absolute atomic E-state index is 12.0. The van der Waals surface area contributed by atoms with Crippen molar-refractivity contribution in [2.24, 2.45) is 0 Å². The summed E-state index contributed by atoms with van der Waals surface area (Å²) in [6, 6.07) is 0. The molecular formula is C48H92O4. The Bertz CT molecular complexity index is 723. The number of unbranched alkanes of at least 4 members (excludes halogenated alkanes) is 38. The van der Waals surface area contributed by atoms with Crippen molar-refractivity contribution < 1.29 is 19.8 Å². The molecule has 0 spiro atoms. The van der Waals surface area contributed by atoms with Gasteiger partial charge in [0.05, 0.1) is 0 Å². The van der Waals surface area contributed by atoms with Gasteiger partial charge in [-0.15, -0.1) is 0 Å². The first-order valence-corrected chi connectivity index (χ1v) is 23.7. The van der Waals surface area contributed by atoms with E-state index in [9.17, 15) is 19.8 Å². The van der Waals surface area contributed by atoms with Gasteiger partial charge in [-0.25, -0.2) is 9.59 Å². The van der Waals surface area contributed by atoms with E-state index in [1.54, 1.807) is 0 Å². The second-order valence-electron chi connectivity index (χ2n) is 16.5. The minimum absolute atomic E-state index is 0.146. The van der Waals surface area contributed by atoms with Gasteiger partial charge in [-0.1, -0.05) is 258 Å². The van der Waals surface area contributed by atoms with Crippen LogP contribution in [-0.2, 0) is 9.59 Å². The van der Waals surface area contributed by atoms with Crippen molar-refractivity contribution >= 4 is 11.9 Å². The first kappa shape index (κ1) is 50.7. The van der Waals surface area contributed by atoms with Crippen molar-refractivity contribution in [1.82, 2.24) is 0 Å². The van der Waals surface area contributed by atoms with E-state index in [2.05, 4.69) is 13.8 Å². The molecule has 0 aromatic carbocycles. The fraction of sp³-hybridized carbons (Fsp3) is 0.917. The van der Waals surface area contributed by atoms with Crippen molar-refractivity contribution in [3.05, 3.63) is 11.1 Å². The molecule has 0 aliphatic heterocycles. The van der Waals surface area contributed by atoms with Gasteiger partial charge in [-0.2, -0.15) is 0 Å². The molecule has 0 fully saturated rings. The largest absolute Gasteiger partial charge is 0.478 e. The minimum Gasteiger partial charge on any atom is -0.478 e. The van der Waals surface area contributed by atoms with Crippen LogP contribution in [0.5, 0.6) is 0 Å². The van der Waals surface area contributed by atoms with Gasteiger partial charge in [0.15, 0.2) is 0 Å². The van der Waals surface area contributed by atoms with E-state index in [0.717, 1.165) is 38.5 Å². The quantitative estimate of drug-likeness (QED) is 0.0483. The number of hydrogen-bond donors (Lipinski definition) is 2. The lowest BCUT2D eigenvalue weighted by atomic mass is 9.96. The second-order valence-corrected chi connectivity index (χ2v) is 16.5. The molecule has 4 nitrogen and oxygen atoms in total. The van der Waals surface area contributed by atoms with E-state index in [1.807, 2.05) is 0 Å². The Kier molecular flexibility index (Phi) is 41.3. The predicted octanol–water partition coefficient (Wildman–Crippen LogP) is 16.9. The molecule has 308 valence electrons. The lowest BCUT2D eigenvalue weighted by Crippen LogP contribution is -2.12. The van der Waals surface area contributed by atoms with E-state index in [-0.39, 0.29) is 11.1 Å². The van der Waals surface area contributed by atoms with E-state index in [4.69, 9.17) is 0 Å². The van der Waals surface area contributed by atoms with Crippen LogP contribution in [0.2, 0.25) is 0 Å². The van der Waals surface area contributed by atoms with Crippen molar-refractivity contribution in [3.63, 3.8) is 0 Å². The molecule has 0 saturated heterocycles. The van der Waals surface area contributed by atoms with Gasteiger partial charge in [0.1, 0.15) is 0 Å². The third-order valence-corrected chi connectivity index (χ3v) is 11.4. The topological polar surface area (TPSA) is 74.6 Å². The molecule has 0 aromatic rings. The Morgan fingerprint density at radius 3 is 0.519 bits per heavy atom. The molecule has 0 bridgehead atoms. The molecule has 0 aromatic heterocycles. The molecule has 0 saturated carbocycles. The van der Waals surface area contributed by atoms with E-state index < -0.39 is 11.9 Å². The average Bonchev–Trinajstić information content (AvgIpc) is 3.13. The molecule has 2 N–H and O–H groups in total. The van der Waals surface area contributed by atoms with Crippen molar-refractivity contribution in [2.75, 3.05) is 0 Å². The van der Waals surface area contributed by atoms with Gasteiger partial charge in [0, 0.05) is 11.1 Å². The molecule has 0 radical (unpaired) electrons. The van der Waals surface area contributed by atoms with E-state index in [0.29, 0.717) is 12.8 Å². The van der Waals surface area contributed by atoms with E-state index in [1.165, 1.54) is 218 Å². The lowest BCUT2D eigenvalue weighted by molar-refractivity contribution is -0.136. The molecule has 4 heteroatoms. The van der Waals surface area contributed by atoms with Gasteiger partial charge < -0.3 is 10.2 Å². The molecule has 0 aliphatic carbocycles. The molecule has 0 unspecified atom stereocenters. The zero-order valence-electron chi connectivity index (χ0n) is 35.4. The lowest BCUT2D eigenvalue weighted by Gasteiger charge is -2.10. The summed E-state index contributed by atoms with van der Waals surface area (Å²) in [5.74, 6) is -2.08. The summed E-state index contributed by atoms with van der Waals surface area (Å²) >= 11 is 0. The highest BCUT2D eigenvalue weighted by molar-refractivity contribution is 5.98. The molecule has 0 rings (SSSR count). The molecule has 0 heterocycles. The highest BCUT2D eigenvalue weighted by Crippen LogP contribution is 2.22. The van der Waals surface area contributed by atoms with Crippen molar-refractivity contribution in [3.8, 4) is 0 Å². The average molecular weight is 733 g/mol. The van der Waals surface area contributed by atoms with Crippen LogP contribution in [0.4, 0.5) is 0 Å². The van der Waals surface area contributed by atoms with Crippen molar-refractivity contribution in [1.29, 1.82) is 0 Å². The molecule has 0 aliphatic rings. The van der Waals surface area contributed by atoms with Crippen molar-refractivity contribution in [2.45, 2.75) is 284 Å². The van der Waals surface area contributed by atoms with Crippen LogP contribution in [-0.4, -0.2) is 22.2 Å². The Morgan fingerprint density at radius 1 is 0.250 bits per heavy atom. The third-order valence-electron chi connectivity index (χ3n) is 11.4. The summed E-state index contributed by atoms with van der Waals surface area (Å²) in [6.45, 7) is 4.57. The van der Waals surface area contributed by atoms with Gasteiger partial charge in [0.25, 0.3) is 0 Å². The Balaban J connectivity index is 3.73. The number of aliphatic carboxylic acids is 2. The predicted molar refractivity (Wildman–Crippen MR) is 228 cm³/mol. The SMILES string of the molecule is CCCCCCCCCCCCCCCCCCCCCC/C(C(=O)O)=C(/CCCCCCCCCCCCCCCCCCCCCC)C(=O)O. The van der Waals surface area contributed by atoms with Gasteiger partial charge in [0.2, 0.25) is 0 Å². The summed E-state index contributed by atoms with van der Waals surface area (Å²) in [7, 11) is 0. The minimum atomic E-state index is -1.04. The number of carboxylic acid groups (broad SMARTS) is 2. The Labute approximate surface area is 325 Å². The first-order chi connectivity index (χ1) is 25.5. The standard InChI is InChI=1S/C48H92O4/c1-3-5-7-9-11-13-15-17-19-21-23-25-27-29-31-33-35-37-39-41-43-45(47(49)50)46(48(51)52)44-42-40-38-36-34-32-30-28-26-24-22-20-18-16-14-12-10-8-6-4-2/h3-44H2,1-2H3,(H,49,50)(H,51,52)/b46-45+. The number of rotatable bonds is 44. The van der Waals surface area contributed by atoms with Crippen LogP contribution in [0.3, 0.4) is 0 Å². The normalized spacial score (nSPS) is 12.0. The van der Waals surface area contributed by atoms with Gasteiger partial charge in [-0.05, 0) is 25.7 Å². The molecule has 0 amide bonds. The Hall–Kier alpha value is -1.32. The highest BCUT2D eigenvalue weighted by atomic mass is 16.4. The van der Waals surface area contributed by atoms with Crippen LogP contribution in [0.1, 0.15) is 284 Å². The second kappa shape index (κ2) is 42.4. The molecular weight excluding hydrogens is 641 g/mol. The van der Waals surface area contributed by atoms with Crippen LogP contribution in [0.15, 0.2) is 11.1 Å². The summed E-state index contributed by atoms with van der Waals surface area (Å²) in [5.41, 5.74) is 0.292. The maximum atomic E-state index is 12.0. The third kappa shape index (κ3) is 37.0. The molecule has 0 atom stereocenters. The summed E-state index contributed by atoms with van der Waals surface area (Å²) < 4.78 is 0. The van der Waals surface area contributed by atoms with Crippen LogP contribution in [0, 0.1) is 0 Å². The summed E-state index contributed by atoms with van der Waals surface area (Å²) in [5, 5.41) is 19.6. The highest BCUT2D eigenvalue weighted by Gasteiger charge is 2.19. The maximum Gasteiger partial charge on any atom is 0.332 e.